The van der Waals surface area contributed by atoms with Gasteiger partial charge in [-0.05, 0) is 32.6 Å². The van der Waals surface area contributed by atoms with Gasteiger partial charge in [0.2, 0.25) is 0 Å². The van der Waals surface area contributed by atoms with Crippen LogP contribution in [0.25, 0.3) is 0 Å². The Balaban J connectivity index is 2.36. The van der Waals surface area contributed by atoms with Gasteiger partial charge in [-0.1, -0.05) is 0 Å². The molecule has 0 bridgehead atoms. The molecule has 2 rings (SSSR count). The molecule has 5 nitrogen and oxygen atoms in total. The highest BCUT2D eigenvalue weighted by Gasteiger charge is 2.28. The van der Waals surface area contributed by atoms with Crippen LogP contribution in [-0.2, 0) is 0 Å². The average Bonchev–Trinajstić information content (AvgIpc) is 2.76. The fourth-order valence-corrected chi connectivity index (χ4v) is 3.72. The second-order valence-electron chi connectivity index (χ2n) is 5.84. The molecular formula is C15H24N2O3S. The molecule has 1 aliphatic rings. The van der Waals surface area contributed by atoms with E-state index in [9.17, 15) is 9.90 Å². The highest BCUT2D eigenvalue weighted by Crippen LogP contribution is 2.46. The van der Waals surface area contributed by atoms with Gasteiger partial charge in [-0.3, -0.25) is 4.79 Å². The zero-order valence-corrected chi connectivity index (χ0v) is 13.7. The lowest BCUT2D eigenvalue weighted by atomic mass is 9.99. The van der Waals surface area contributed by atoms with Crippen LogP contribution in [0, 0.1) is 5.92 Å². The van der Waals surface area contributed by atoms with Crippen molar-refractivity contribution in [3.05, 3.63) is 4.88 Å². The molecule has 2 heterocycles. The van der Waals surface area contributed by atoms with Crippen LogP contribution in [-0.4, -0.2) is 36.7 Å². The maximum Gasteiger partial charge on any atom is 0.177 e. The SMILES string of the molecule is CC(=O)c1sc(N2CCCC(CO)C2)c(OC(C)C)c1N. The number of aliphatic hydroxyl groups excluding tert-OH is 1. The van der Waals surface area contributed by atoms with Gasteiger partial charge >= 0.3 is 0 Å². The molecule has 118 valence electrons. The summed E-state index contributed by atoms with van der Waals surface area (Å²) in [5, 5.41) is 10.3. The van der Waals surface area contributed by atoms with Crippen molar-refractivity contribution in [2.24, 2.45) is 5.92 Å². The third-order valence-corrected chi connectivity index (χ3v) is 4.97. The minimum atomic E-state index is -0.0342. The van der Waals surface area contributed by atoms with Gasteiger partial charge in [0, 0.05) is 26.6 Å². The fourth-order valence-electron chi connectivity index (χ4n) is 2.63. The third-order valence-electron chi connectivity index (χ3n) is 3.62. The van der Waals surface area contributed by atoms with E-state index in [4.69, 9.17) is 10.5 Å². The Kier molecular flexibility index (Phi) is 5.11. The zero-order valence-electron chi connectivity index (χ0n) is 12.9. The van der Waals surface area contributed by atoms with Gasteiger partial charge in [0.1, 0.15) is 5.00 Å². The first-order valence-electron chi connectivity index (χ1n) is 7.39. The van der Waals surface area contributed by atoms with E-state index in [0.29, 0.717) is 16.3 Å². The van der Waals surface area contributed by atoms with E-state index in [1.54, 1.807) is 0 Å². The predicted octanol–water partition coefficient (Wildman–Crippen LogP) is 2.53. The van der Waals surface area contributed by atoms with Gasteiger partial charge in [-0.2, -0.15) is 0 Å². The molecule has 0 spiro atoms. The van der Waals surface area contributed by atoms with E-state index in [2.05, 4.69) is 4.90 Å². The summed E-state index contributed by atoms with van der Waals surface area (Å²) in [7, 11) is 0. The number of nitrogens with zero attached hydrogens (tertiary/aromatic N) is 1. The summed E-state index contributed by atoms with van der Waals surface area (Å²) in [4.78, 5) is 14.5. The number of piperidine rings is 1. The van der Waals surface area contributed by atoms with Gasteiger partial charge < -0.3 is 20.5 Å². The number of carbonyl (C=O) groups is 1. The summed E-state index contributed by atoms with van der Waals surface area (Å²) >= 11 is 1.40. The van der Waals surface area contributed by atoms with Gasteiger partial charge in [0.15, 0.2) is 11.5 Å². The van der Waals surface area contributed by atoms with Crippen molar-refractivity contribution in [2.75, 3.05) is 30.3 Å². The Hall–Kier alpha value is -1.27. The number of nitrogens with two attached hydrogens (primary N) is 1. The van der Waals surface area contributed by atoms with Crippen LogP contribution in [0.2, 0.25) is 0 Å². The van der Waals surface area contributed by atoms with Crippen LogP contribution in [0.4, 0.5) is 10.7 Å². The Morgan fingerprint density at radius 2 is 2.29 bits per heavy atom. The molecular weight excluding hydrogens is 288 g/mol. The van der Waals surface area contributed by atoms with Gasteiger partial charge in [-0.15, -0.1) is 11.3 Å². The Morgan fingerprint density at radius 1 is 1.57 bits per heavy atom. The molecule has 6 heteroatoms. The maximum absolute atomic E-state index is 11.7. The lowest BCUT2D eigenvalue weighted by Gasteiger charge is -2.33. The summed E-state index contributed by atoms with van der Waals surface area (Å²) < 4.78 is 5.86. The number of rotatable bonds is 5. The van der Waals surface area contributed by atoms with E-state index >= 15 is 0 Å². The molecule has 21 heavy (non-hydrogen) atoms. The standard InChI is InChI=1S/C15H24N2O3S/c1-9(2)20-13-12(16)14(10(3)19)21-15(13)17-6-4-5-11(7-17)8-18/h9,11,18H,4-8,16H2,1-3H3. The Morgan fingerprint density at radius 3 is 2.86 bits per heavy atom. The summed E-state index contributed by atoms with van der Waals surface area (Å²) in [5.74, 6) is 0.863. The normalized spacial score (nSPS) is 19.1. The summed E-state index contributed by atoms with van der Waals surface area (Å²) in [5.41, 5.74) is 6.56. The number of ether oxygens (including phenoxy) is 1. The number of carbonyl (C=O) groups excluding carboxylic acids is 1. The Bertz CT molecular complexity index is 513. The van der Waals surface area contributed by atoms with Gasteiger partial charge in [0.05, 0.1) is 16.7 Å². The molecule has 1 fully saturated rings. The first-order valence-corrected chi connectivity index (χ1v) is 8.21. The monoisotopic (exact) mass is 312 g/mol. The van der Waals surface area contributed by atoms with E-state index < -0.39 is 0 Å². The first-order chi connectivity index (χ1) is 9.93. The van der Waals surface area contributed by atoms with Crippen molar-refractivity contribution in [2.45, 2.75) is 39.7 Å². The number of aliphatic hydroxyl groups is 1. The average molecular weight is 312 g/mol. The van der Waals surface area contributed by atoms with E-state index in [-0.39, 0.29) is 24.4 Å². The van der Waals surface area contributed by atoms with Crippen molar-refractivity contribution in [1.29, 1.82) is 0 Å². The zero-order chi connectivity index (χ0) is 15.6. The van der Waals surface area contributed by atoms with Crippen LogP contribution < -0.4 is 15.4 Å². The molecule has 0 saturated carbocycles. The smallest absolute Gasteiger partial charge is 0.177 e. The molecule has 1 atom stereocenters. The topological polar surface area (TPSA) is 75.8 Å². The minimum absolute atomic E-state index is 0.00103. The highest BCUT2D eigenvalue weighted by molar-refractivity contribution is 7.19. The molecule has 0 aromatic carbocycles. The minimum Gasteiger partial charge on any atom is -0.486 e. The van der Waals surface area contributed by atoms with E-state index in [0.717, 1.165) is 30.9 Å². The molecule has 1 aromatic rings. The lowest BCUT2D eigenvalue weighted by Crippen LogP contribution is -2.36. The number of Topliss-reactive ketones (excluding diaryl/α,β-unsaturated/α-hetero) is 1. The number of nitrogen functional groups attached to an aromatic ring is 1. The number of thiophene rings is 1. The second-order valence-corrected chi connectivity index (χ2v) is 6.84. The third kappa shape index (κ3) is 3.49. The van der Waals surface area contributed by atoms with Crippen LogP contribution in [0.5, 0.6) is 5.75 Å². The lowest BCUT2D eigenvalue weighted by molar-refractivity contribution is 0.102. The quantitative estimate of drug-likeness (QED) is 0.817. The largest absolute Gasteiger partial charge is 0.486 e. The first kappa shape index (κ1) is 16.1. The highest BCUT2D eigenvalue weighted by atomic mass is 32.1. The maximum atomic E-state index is 11.7. The molecule has 1 aromatic heterocycles. The van der Waals surface area contributed by atoms with Gasteiger partial charge in [0.25, 0.3) is 0 Å². The number of ketones is 1. The number of hydrogen-bond acceptors (Lipinski definition) is 6. The summed E-state index contributed by atoms with van der Waals surface area (Å²) in [6, 6.07) is 0. The number of hydrogen-bond donors (Lipinski definition) is 2. The molecule has 1 saturated heterocycles. The van der Waals surface area contributed by atoms with Crippen LogP contribution >= 0.6 is 11.3 Å². The molecule has 0 radical (unpaired) electrons. The van der Waals surface area contributed by atoms with Crippen molar-refractivity contribution >= 4 is 27.8 Å². The van der Waals surface area contributed by atoms with Crippen molar-refractivity contribution in [3.63, 3.8) is 0 Å². The summed E-state index contributed by atoms with van der Waals surface area (Å²) in [6.45, 7) is 7.29. The van der Waals surface area contributed by atoms with Crippen LogP contribution in [0.15, 0.2) is 0 Å². The van der Waals surface area contributed by atoms with Crippen molar-refractivity contribution < 1.29 is 14.6 Å². The van der Waals surface area contributed by atoms with E-state index in [1.165, 1.54) is 18.3 Å². The molecule has 0 amide bonds. The molecule has 1 aliphatic heterocycles. The van der Waals surface area contributed by atoms with Crippen LogP contribution in [0.3, 0.4) is 0 Å². The predicted molar refractivity (Wildman–Crippen MR) is 86.5 cm³/mol. The number of anilines is 2. The summed E-state index contributed by atoms with van der Waals surface area (Å²) in [6.07, 6.45) is 2.06. The van der Waals surface area contributed by atoms with Gasteiger partial charge in [-0.25, -0.2) is 0 Å². The van der Waals surface area contributed by atoms with Crippen molar-refractivity contribution in [3.8, 4) is 5.75 Å². The molecule has 3 N–H and O–H groups in total. The fraction of sp³-hybridized carbons (Fsp3) is 0.667. The van der Waals surface area contributed by atoms with Crippen molar-refractivity contribution in [1.82, 2.24) is 0 Å². The van der Waals surface area contributed by atoms with Crippen LogP contribution in [0.1, 0.15) is 43.3 Å². The molecule has 0 aliphatic carbocycles. The Labute approximate surface area is 129 Å². The molecule has 1 unspecified atom stereocenters. The second kappa shape index (κ2) is 6.66. The van der Waals surface area contributed by atoms with E-state index in [1.807, 2.05) is 13.8 Å².